The lowest BCUT2D eigenvalue weighted by Gasteiger charge is -2.50. The molecule has 0 bridgehead atoms. The van der Waals surface area contributed by atoms with E-state index in [0.717, 1.165) is 57.4 Å². The van der Waals surface area contributed by atoms with Crippen molar-refractivity contribution in [1.29, 1.82) is 0 Å². The molecule has 2 saturated heterocycles. The lowest BCUT2D eigenvalue weighted by atomic mass is 9.69. The Kier molecular flexibility index (Phi) is 7.27. The van der Waals surface area contributed by atoms with Crippen molar-refractivity contribution >= 4 is 6.03 Å². The van der Waals surface area contributed by atoms with Gasteiger partial charge in [-0.3, -0.25) is 4.79 Å². The molecule has 4 aliphatic rings. The number of amides is 2. The molecule has 6 nitrogen and oxygen atoms in total. The molecule has 0 aromatic carbocycles. The number of likely N-dealkylation sites (tertiary alicyclic amines) is 2. The van der Waals surface area contributed by atoms with E-state index in [-0.39, 0.29) is 35.4 Å². The number of pyridine rings is 1. The number of nitrogens with zero attached hydrogens (tertiary/aromatic N) is 3. The van der Waals surface area contributed by atoms with Gasteiger partial charge in [0.05, 0.1) is 5.56 Å². The Balaban J connectivity index is 1.32. The molecule has 1 aromatic rings. The van der Waals surface area contributed by atoms with Crippen molar-refractivity contribution in [1.82, 2.24) is 14.4 Å². The third-order valence-electron chi connectivity index (χ3n) is 9.17. The third kappa shape index (κ3) is 5.38. The number of nitrogens with two attached hydrogens (primary N) is 1. The van der Waals surface area contributed by atoms with Crippen molar-refractivity contribution in [3.63, 3.8) is 0 Å². The van der Waals surface area contributed by atoms with E-state index in [1.165, 1.54) is 10.8 Å². The standard InChI is InChI=1S/C28H37F3N4O2/c29-28(30,31)21-8-13-33(25(36)16-21)18-22-9-14-34(19-27(22)11-4-5-12-27)26(37)35-15-10-23(32)17-24(35)20-6-2-1-3-7-20/h1-3,6,8,13,16,20,22-24H,4-5,7,9-12,14-15,17-19,32H2/t20?,22?,23-,24+/m1/s1. The number of carbonyl (C=O) groups is 1. The summed E-state index contributed by atoms with van der Waals surface area (Å²) in [6.45, 7) is 2.28. The van der Waals surface area contributed by atoms with Crippen molar-refractivity contribution in [2.45, 2.75) is 76.2 Å². The summed E-state index contributed by atoms with van der Waals surface area (Å²) in [6.07, 6.45) is 12.5. The van der Waals surface area contributed by atoms with Crippen LogP contribution in [0, 0.1) is 17.3 Å². The molecule has 202 valence electrons. The smallest absolute Gasteiger partial charge is 0.328 e. The summed E-state index contributed by atoms with van der Waals surface area (Å²) in [7, 11) is 0. The van der Waals surface area contributed by atoms with Crippen molar-refractivity contribution in [3.8, 4) is 0 Å². The highest BCUT2D eigenvalue weighted by Crippen LogP contribution is 2.49. The van der Waals surface area contributed by atoms with Gasteiger partial charge in [-0.05, 0) is 55.9 Å². The molecule has 5 rings (SSSR count). The molecule has 3 heterocycles. The minimum absolute atomic E-state index is 0.0799. The molecular weight excluding hydrogens is 481 g/mol. The maximum Gasteiger partial charge on any atom is 0.416 e. The fraction of sp³-hybridized carbons (Fsp3) is 0.643. The van der Waals surface area contributed by atoms with Gasteiger partial charge in [0.25, 0.3) is 5.56 Å². The van der Waals surface area contributed by atoms with E-state index in [9.17, 15) is 22.8 Å². The van der Waals surface area contributed by atoms with Crippen LogP contribution in [0.5, 0.6) is 0 Å². The zero-order valence-corrected chi connectivity index (χ0v) is 21.2. The maximum atomic E-state index is 13.9. The second-order valence-electron chi connectivity index (χ2n) is 11.4. The maximum absolute atomic E-state index is 13.9. The minimum Gasteiger partial charge on any atom is -0.328 e. The third-order valence-corrected chi connectivity index (χ3v) is 9.17. The van der Waals surface area contributed by atoms with Crippen molar-refractivity contribution in [2.24, 2.45) is 23.0 Å². The van der Waals surface area contributed by atoms with Crippen LogP contribution >= 0.6 is 0 Å². The number of urea groups is 1. The Morgan fingerprint density at radius 2 is 1.92 bits per heavy atom. The first-order valence-corrected chi connectivity index (χ1v) is 13.6. The molecule has 4 atom stereocenters. The summed E-state index contributed by atoms with van der Waals surface area (Å²) in [5.41, 5.74) is 4.68. The van der Waals surface area contributed by atoms with Gasteiger partial charge < -0.3 is 20.1 Å². The molecule has 2 unspecified atom stereocenters. The van der Waals surface area contributed by atoms with Crippen molar-refractivity contribution in [2.75, 3.05) is 19.6 Å². The van der Waals surface area contributed by atoms with Gasteiger partial charge in [-0.1, -0.05) is 37.1 Å². The fourth-order valence-corrected chi connectivity index (χ4v) is 7.11. The molecular formula is C28H37F3N4O2. The van der Waals surface area contributed by atoms with Crippen LogP contribution in [-0.2, 0) is 12.7 Å². The van der Waals surface area contributed by atoms with Gasteiger partial charge in [0.2, 0.25) is 0 Å². The highest BCUT2D eigenvalue weighted by atomic mass is 19.4. The number of allylic oxidation sites excluding steroid dienone is 3. The average molecular weight is 519 g/mol. The van der Waals surface area contributed by atoms with Crippen molar-refractivity contribution < 1.29 is 18.0 Å². The Hall–Kier alpha value is -2.55. The van der Waals surface area contributed by atoms with E-state index in [1.807, 2.05) is 15.9 Å². The SMILES string of the molecule is N[C@@H]1CCN(C(=O)N2CCC(Cn3ccc(C(F)(F)F)cc3=O)C3(CCCC3)C2)[C@H](C2C=CC=CC2)C1. The topological polar surface area (TPSA) is 71.6 Å². The first-order chi connectivity index (χ1) is 17.7. The number of halogens is 3. The van der Waals surface area contributed by atoms with Crippen LogP contribution in [0.1, 0.15) is 56.9 Å². The van der Waals surface area contributed by atoms with Crippen LogP contribution in [0.2, 0.25) is 0 Å². The number of alkyl halides is 3. The fourth-order valence-electron chi connectivity index (χ4n) is 7.11. The summed E-state index contributed by atoms with van der Waals surface area (Å²) in [6, 6.07) is 1.94. The lowest BCUT2D eigenvalue weighted by molar-refractivity contribution is -0.137. The number of aromatic nitrogens is 1. The van der Waals surface area contributed by atoms with Gasteiger partial charge in [-0.2, -0.15) is 13.2 Å². The van der Waals surface area contributed by atoms with Gasteiger partial charge in [-0.15, -0.1) is 0 Å². The molecule has 2 amide bonds. The van der Waals surface area contributed by atoms with Crippen LogP contribution in [-0.4, -0.2) is 52.1 Å². The zero-order valence-electron chi connectivity index (χ0n) is 21.2. The molecule has 9 heteroatoms. The summed E-state index contributed by atoms with van der Waals surface area (Å²) in [5, 5.41) is 0. The van der Waals surface area contributed by atoms with E-state index in [2.05, 4.69) is 18.2 Å². The van der Waals surface area contributed by atoms with Gasteiger partial charge in [0.15, 0.2) is 0 Å². The molecule has 2 aliphatic carbocycles. The Morgan fingerprint density at radius 1 is 1.14 bits per heavy atom. The largest absolute Gasteiger partial charge is 0.416 e. The number of hydrogen-bond acceptors (Lipinski definition) is 3. The normalized spacial score (nSPS) is 29.7. The van der Waals surface area contributed by atoms with Crippen molar-refractivity contribution in [3.05, 3.63) is 58.6 Å². The zero-order chi connectivity index (χ0) is 26.2. The molecule has 1 saturated carbocycles. The van der Waals surface area contributed by atoms with Gasteiger partial charge in [0.1, 0.15) is 0 Å². The Morgan fingerprint density at radius 3 is 2.59 bits per heavy atom. The summed E-state index contributed by atoms with van der Waals surface area (Å²) in [4.78, 5) is 30.5. The molecule has 1 aromatic heterocycles. The first-order valence-electron chi connectivity index (χ1n) is 13.6. The highest BCUT2D eigenvalue weighted by molar-refractivity contribution is 5.75. The van der Waals surface area contributed by atoms with E-state index in [1.54, 1.807) is 0 Å². The summed E-state index contributed by atoms with van der Waals surface area (Å²) < 4.78 is 40.5. The number of rotatable bonds is 3. The molecule has 2 aliphatic heterocycles. The highest BCUT2D eigenvalue weighted by Gasteiger charge is 2.48. The van der Waals surface area contributed by atoms with E-state index < -0.39 is 17.3 Å². The van der Waals surface area contributed by atoms with Gasteiger partial charge >= 0.3 is 12.2 Å². The molecule has 1 spiro atoms. The second kappa shape index (κ2) is 10.3. The number of piperidine rings is 2. The van der Waals surface area contributed by atoms with Crippen LogP contribution in [0.25, 0.3) is 0 Å². The van der Waals surface area contributed by atoms with E-state index in [0.29, 0.717) is 32.2 Å². The van der Waals surface area contributed by atoms with Crippen LogP contribution in [0.15, 0.2) is 47.4 Å². The minimum atomic E-state index is -4.53. The monoisotopic (exact) mass is 518 g/mol. The van der Waals surface area contributed by atoms with Crippen LogP contribution in [0.3, 0.4) is 0 Å². The number of carbonyl (C=O) groups excluding carboxylic acids is 1. The van der Waals surface area contributed by atoms with Gasteiger partial charge in [0, 0.05) is 56.4 Å². The van der Waals surface area contributed by atoms with Gasteiger partial charge in [-0.25, -0.2) is 4.79 Å². The van der Waals surface area contributed by atoms with Crippen LogP contribution < -0.4 is 11.3 Å². The Bertz CT molecular complexity index is 1110. The lowest BCUT2D eigenvalue weighted by Crippen LogP contribution is -2.59. The van der Waals surface area contributed by atoms with Crippen LogP contribution in [0.4, 0.5) is 18.0 Å². The Labute approximate surface area is 216 Å². The average Bonchev–Trinajstić information content (AvgIpc) is 3.34. The van der Waals surface area contributed by atoms with E-state index in [4.69, 9.17) is 5.73 Å². The molecule has 3 fully saturated rings. The molecule has 0 radical (unpaired) electrons. The predicted molar refractivity (Wildman–Crippen MR) is 136 cm³/mol. The quantitative estimate of drug-likeness (QED) is 0.625. The summed E-state index contributed by atoms with van der Waals surface area (Å²) in [5.74, 6) is 0.412. The van der Waals surface area contributed by atoms with E-state index >= 15 is 0 Å². The second-order valence-corrected chi connectivity index (χ2v) is 11.4. The first kappa shape index (κ1) is 26.1. The molecule has 2 N–H and O–H groups in total. The number of hydrogen-bond donors (Lipinski definition) is 1. The predicted octanol–water partition coefficient (Wildman–Crippen LogP) is 4.79. The summed E-state index contributed by atoms with van der Waals surface area (Å²) >= 11 is 0. The molecule has 37 heavy (non-hydrogen) atoms.